The van der Waals surface area contributed by atoms with E-state index in [0.717, 1.165) is 5.56 Å². The molecule has 3 atom stereocenters. The molecule has 1 aliphatic heterocycles. The maximum Gasteiger partial charge on any atom is 0.407 e. The first-order chi connectivity index (χ1) is 16.6. The molecule has 10 heteroatoms. The quantitative estimate of drug-likeness (QED) is 0.364. The van der Waals surface area contributed by atoms with Gasteiger partial charge in [-0.25, -0.2) is 4.79 Å². The van der Waals surface area contributed by atoms with Crippen molar-refractivity contribution in [1.29, 1.82) is 0 Å². The van der Waals surface area contributed by atoms with E-state index in [0.29, 0.717) is 38.4 Å². The van der Waals surface area contributed by atoms with Crippen LogP contribution < -0.4 is 10.1 Å². The second-order valence-corrected chi connectivity index (χ2v) is 9.24. The number of benzene rings is 1. The molecule has 0 spiro atoms. The lowest BCUT2D eigenvalue weighted by Gasteiger charge is -2.29. The monoisotopic (exact) mass is 495 g/mol. The normalized spacial score (nSPS) is 18.8. The maximum absolute atomic E-state index is 12.6. The Morgan fingerprint density at radius 1 is 1.17 bits per heavy atom. The maximum atomic E-state index is 12.6. The Morgan fingerprint density at radius 2 is 1.91 bits per heavy atom. The fourth-order valence-corrected chi connectivity index (χ4v) is 3.42. The number of carbonyl (C=O) groups is 3. The van der Waals surface area contributed by atoms with Gasteiger partial charge in [0.1, 0.15) is 18.0 Å². The van der Waals surface area contributed by atoms with Crippen molar-refractivity contribution in [1.82, 2.24) is 5.32 Å². The van der Waals surface area contributed by atoms with Crippen molar-refractivity contribution in [3.8, 4) is 5.75 Å². The van der Waals surface area contributed by atoms with Gasteiger partial charge in [0.15, 0.2) is 0 Å². The molecule has 35 heavy (non-hydrogen) atoms. The molecule has 3 unspecified atom stereocenters. The standard InChI is InChI=1S/C25H37NO9/c1-17(33-22(27)10-12-26-24(29)35-25(2,3)4)34-23(28)18-11-13-31-20(14-18)16-32-21-9-7-6-8-19(21)15-30-5/h6-9,17-18,20H,10-16H2,1-5H3,(H,26,29). The van der Waals surface area contributed by atoms with Gasteiger partial charge in [-0.3, -0.25) is 9.59 Å². The smallest absolute Gasteiger partial charge is 0.407 e. The van der Waals surface area contributed by atoms with E-state index in [-0.39, 0.29) is 25.0 Å². The first-order valence-electron chi connectivity index (χ1n) is 11.8. The summed E-state index contributed by atoms with van der Waals surface area (Å²) in [7, 11) is 1.62. The molecule has 1 amide bonds. The van der Waals surface area contributed by atoms with Crippen LogP contribution in [0.1, 0.15) is 52.5 Å². The molecule has 1 fully saturated rings. The Kier molecular flexibility index (Phi) is 11.3. The molecule has 1 aromatic rings. The summed E-state index contributed by atoms with van der Waals surface area (Å²) in [6, 6.07) is 7.58. The van der Waals surface area contributed by atoms with Crippen LogP contribution in [0.15, 0.2) is 24.3 Å². The number of methoxy groups -OCH3 is 1. The fourth-order valence-electron chi connectivity index (χ4n) is 3.42. The summed E-state index contributed by atoms with van der Waals surface area (Å²) in [5.74, 6) is -0.731. The Morgan fingerprint density at radius 3 is 2.63 bits per heavy atom. The van der Waals surface area contributed by atoms with E-state index in [9.17, 15) is 14.4 Å². The minimum absolute atomic E-state index is 0.0452. The van der Waals surface area contributed by atoms with Gasteiger partial charge in [0, 0.05) is 32.7 Å². The first kappa shape index (κ1) is 28.4. The van der Waals surface area contributed by atoms with Gasteiger partial charge in [-0.1, -0.05) is 18.2 Å². The van der Waals surface area contributed by atoms with Crippen molar-refractivity contribution in [2.45, 2.75) is 71.6 Å². The molecule has 10 nitrogen and oxygen atoms in total. The zero-order valence-electron chi connectivity index (χ0n) is 21.2. The summed E-state index contributed by atoms with van der Waals surface area (Å²) < 4.78 is 32.4. The van der Waals surface area contributed by atoms with Crippen molar-refractivity contribution < 1.29 is 42.8 Å². The van der Waals surface area contributed by atoms with Gasteiger partial charge in [0.2, 0.25) is 6.29 Å². The Bertz CT molecular complexity index is 836. The van der Waals surface area contributed by atoms with Crippen LogP contribution in [-0.2, 0) is 39.9 Å². The predicted molar refractivity (Wildman–Crippen MR) is 126 cm³/mol. The van der Waals surface area contributed by atoms with Gasteiger partial charge in [0.25, 0.3) is 0 Å². The van der Waals surface area contributed by atoms with Gasteiger partial charge in [0.05, 0.1) is 25.0 Å². The van der Waals surface area contributed by atoms with E-state index < -0.39 is 29.9 Å². The molecule has 0 aliphatic carbocycles. The van der Waals surface area contributed by atoms with Gasteiger partial charge >= 0.3 is 18.0 Å². The number of alkyl carbamates (subject to hydrolysis) is 1. The average molecular weight is 496 g/mol. The number of ether oxygens (including phenoxy) is 6. The Hall–Kier alpha value is -2.85. The van der Waals surface area contributed by atoms with E-state index in [2.05, 4.69) is 5.32 Å². The minimum Gasteiger partial charge on any atom is -0.491 e. The number of hydrogen-bond acceptors (Lipinski definition) is 9. The summed E-state index contributed by atoms with van der Waals surface area (Å²) in [4.78, 5) is 36.2. The molecule has 0 aromatic heterocycles. The molecule has 196 valence electrons. The second kappa shape index (κ2) is 13.9. The summed E-state index contributed by atoms with van der Waals surface area (Å²) in [5, 5.41) is 2.47. The third kappa shape index (κ3) is 11.0. The summed E-state index contributed by atoms with van der Waals surface area (Å²) >= 11 is 0. The molecule has 1 heterocycles. The lowest BCUT2D eigenvalue weighted by Crippen LogP contribution is -2.36. The zero-order valence-corrected chi connectivity index (χ0v) is 21.2. The molecule has 2 rings (SSSR count). The van der Waals surface area contributed by atoms with E-state index in [4.69, 9.17) is 28.4 Å². The van der Waals surface area contributed by atoms with Crippen LogP contribution in [0, 0.1) is 5.92 Å². The molecule has 1 aliphatic rings. The number of rotatable bonds is 11. The van der Waals surface area contributed by atoms with Crippen LogP contribution in [0.25, 0.3) is 0 Å². The molecular weight excluding hydrogens is 458 g/mol. The van der Waals surface area contributed by atoms with Crippen LogP contribution in [0.5, 0.6) is 5.75 Å². The summed E-state index contributed by atoms with van der Waals surface area (Å²) in [6.45, 7) is 7.88. The summed E-state index contributed by atoms with van der Waals surface area (Å²) in [6.07, 6.45) is -1.07. The highest BCUT2D eigenvalue weighted by Gasteiger charge is 2.31. The van der Waals surface area contributed by atoms with Gasteiger partial charge in [-0.2, -0.15) is 0 Å². The van der Waals surface area contributed by atoms with Crippen LogP contribution in [0.3, 0.4) is 0 Å². The van der Waals surface area contributed by atoms with Crippen molar-refractivity contribution in [2.24, 2.45) is 5.92 Å². The molecule has 1 aromatic carbocycles. The number of para-hydroxylation sites is 1. The fraction of sp³-hybridized carbons (Fsp3) is 0.640. The number of hydrogen-bond donors (Lipinski definition) is 1. The van der Waals surface area contributed by atoms with Crippen LogP contribution in [-0.4, -0.2) is 62.9 Å². The largest absolute Gasteiger partial charge is 0.491 e. The first-order valence-corrected chi connectivity index (χ1v) is 11.8. The predicted octanol–water partition coefficient (Wildman–Crippen LogP) is 3.35. The zero-order chi connectivity index (χ0) is 25.8. The van der Waals surface area contributed by atoms with Crippen molar-refractivity contribution >= 4 is 18.0 Å². The van der Waals surface area contributed by atoms with E-state index in [1.54, 1.807) is 27.9 Å². The topological polar surface area (TPSA) is 119 Å². The van der Waals surface area contributed by atoms with Gasteiger partial charge in [-0.05, 0) is 39.7 Å². The molecular formula is C25H37NO9. The van der Waals surface area contributed by atoms with Gasteiger partial charge in [-0.15, -0.1) is 0 Å². The molecule has 0 saturated carbocycles. The van der Waals surface area contributed by atoms with Crippen LogP contribution in [0.2, 0.25) is 0 Å². The third-order valence-electron chi connectivity index (χ3n) is 4.97. The third-order valence-corrected chi connectivity index (χ3v) is 4.97. The molecule has 0 radical (unpaired) electrons. The molecule has 1 N–H and O–H groups in total. The van der Waals surface area contributed by atoms with E-state index in [1.165, 1.54) is 6.92 Å². The second-order valence-electron chi connectivity index (χ2n) is 9.24. The lowest BCUT2D eigenvalue weighted by molar-refractivity contribution is -0.190. The number of esters is 2. The highest BCUT2D eigenvalue weighted by Crippen LogP contribution is 2.25. The minimum atomic E-state index is -1.05. The Balaban J connectivity index is 1.71. The van der Waals surface area contributed by atoms with Crippen LogP contribution >= 0.6 is 0 Å². The highest BCUT2D eigenvalue weighted by atomic mass is 16.7. The lowest BCUT2D eigenvalue weighted by atomic mass is 9.96. The highest BCUT2D eigenvalue weighted by molar-refractivity contribution is 5.74. The van der Waals surface area contributed by atoms with E-state index >= 15 is 0 Å². The van der Waals surface area contributed by atoms with Crippen molar-refractivity contribution in [2.75, 3.05) is 26.9 Å². The van der Waals surface area contributed by atoms with Gasteiger partial charge < -0.3 is 33.7 Å². The SMILES string of the molecule is COCc1ccccc1OCC1CC(C(=O)OC(C)OC(=O)CCNC(=O)OC(C)(C)C)CCO1. The number of nitrogens with one attached hydrogen (secondary N) is 1. The van der Waals surface area contributed by atoms with Crippen molar-refractivity contribution in [3.05, 3.63) is 29.8 Å². The number of carbonyl (C=O) groups excluding carboxylic acids is 3. The Labute approximate surface area is 206 Å². The summed E-state index contributed by atoms with van der Waals surface area (Å²) in [5.41, 5.74) is 0.301. The van der Waals surface area contributed by atoms with Crippen molar-refractivity contribution in [3.63, 3.8) is 0 Å². The molecule has 1 saturated heterocycles. The van der Waals surface area contributed by atoms with Crippen LogP contribution in [0.4, 0.5) is 4.79 Å². The molecule has 0 bridgehead atoms. The average Bonchev–Trinajstić information content (AvgIpc) is 2.77. The number of amides is 1. The van der Waals surface area contributed by atoms with E-state index in [1.807, 2.05) is 24.3 Å².